The number of amides is 2. The number of hydrogen-bond acceptors (Lipinski definition) is 2. The Balaban J connectivity index is 2.70. The predicted octanol–water partition coefficient (Wildman–Crippen LogP) is 0.752. The molecule has 0 aromatic rings. The van der Waals surface area contributed by atoms with E-state index >= 15 is 0 Å². The van der Waals surface area contributed by atoms with Crippen LogP contribution in [0.15, 0.2) is 0 Å². The summed E-state index contributed by atoms with van der Waals surface area (Å²) in [4.78, 5) is 23.0. The highest BCUT2D eigenvalue weighted by atomic mass is 16.2. The van der Waals surface area contributed by atoms with Crippen LogP contribution < -0.4 is 0 Å². The molecule has 1 fully saturated rings. The average Bonchev–Trinajstić information content (AvgIpc) is 2.28. The van der Waals surface area contributed by atoms with Crippen LogP contribution in [0.25, 0.3) is 0 Å². The second kappa shape index (κ2) is 3.40. The molecule has 0 radical (unpaired) electrons. The number of carbonyl (C=O) groups is 2. The van der Waals surface area contributed by atoms with Gasteiger partial charge in [0.15, 0.2) is 0 Å². The minimum absolute atomic E-state index is 0.173. The van der Waals surface area contributed by atoms with Crippen LogP contribution in [-0.2, 0) is 9.59 Å². The molecule has 12 heavy (non-hydrogen) atoms. The first-order chi connectivity index (χ1) is 5.61. The Morgan fingerprint density at radius 2 is 1.75 bits per heavy atom. The van der Waals surface area contributed by atoms with Crippen molar-refractivity contribution in [1.29, 1.82) is 0 Å². The number of hydrogen-bond donors (Lipinski definition) is 0. The maximum atomic E-state index is 11.0. The number of carbonyl (C=O) groups excluding carboxylic acids is 2. The van der Waals surface area contributed by atoms with Crippen LogP contribution in [0.4, 0.5) is 0 Å². The van der Waals surface area contributed by atoms with Gasteiger partial charge in [-0.25, -0.2) is 4.90 Å². The summed E-state index contributed by atoms with van der Waals surface area (Å²) in [5.41, 5.74) is 0. The van der Waals surface area contributed by atoms with Crippen molar-refractivity contribution in [2.45, 2.75) is 26.7 Å². The van der Waals surface area contributed by atoms with Crippen LogP contribution in [0, 0.1) is 17.9 Å². The summed E-state index contributed by atoms with van der Waals surface area (Å²) in [5.74, 6) is 2.62. The largest absolute Gasteiger partial charge is 0.273 e. The lowest BCUT2D eigenvalue weighted by Gasteiger charge is -2.01. The van der Waals surface area contributed by atoms with Gasteiger partial charge in [0.05, 0.1) is 0 Å². The van der Waals surface area contributed by atoms with Crippen LogP contribution in [0.2, 0.25) is 0 Å². The quantitative estimate of drug-likeness (QED) is 0.392. The summed E-state index contributed by atoms with van der Waals surface area (Å²) in [6.45, 7) is 3.83. The Labute approximate surface area is 71.7 Å². The van der Waals surface area contributed by atoms with E-state index in [0.717, 1.165) is 4.90 Å². The predicted molar refractivity (Wildman–Crippen MR) is 43.7 cm³/mol. The number of imide groups is 1. The SMILES string of the molecule is CC(C)C#CN1C(=O)CCC1=O. The molecule has 0 N–H and O–H groups in total. The fourth-order valence-electron chi connectivity index (χ4n) is 0.895. The number of rotatable bonds is 0. The van der Waals surface area contributed by atoms with E-state index < -0.39 is 0 Å². The monoisotopic (exact) mass is 165 g/mol. The summed E-state index contributed by atoms with van der Waals surface area (Å²) in [6.07, 6.45) is 0.622. The number of nitrogens with zero attached hydrogens (tertiary/aromatic N) is 1. The van der Waals surface area contributed by atoms with E-state index in [9.17, 15) is 9.59 Å². The molecule has 0 spiro atoms. The van der Waals surface area contributed by atoms with Gasteiger partial charge in [0.25, 0.3) is 0 Å². The standard InChI is InChI=1S/C9H11NO2/c1-7(2)5-6-10-8(11)3-4-9(10)12/h7H,3-4H2,1-2H3. The van der Waals surface area contributed by atoms with Crippen molar-refractivity contribution in [3.8, 4) is 12.0 Å². The molecule has 0 aromatic carbocycles. The molecule has 0 aromatic heterocycles. The van der Waals surface area contributed by atoms with Gasteiger partial charge in [0.2, 0.25) is 11.8 Å². The summed E-state index contributed by atoms with van der Waals surface area (Å²) < 4.78 is 0. The molecule has 0 aliphatic carbocycles. The van der Waals surface area contributed by atoms with Gasteiger partial charge in [0.1, 0.15) is 0 Å². The topological polar surface area (TPSA) is 37.4 Å². The Bertz CT molecular complexity index is 254. The highest BCUT2D eigenvalue weighted by Gasteiger charge is 2.27. The molecule has 1 aliphatic rings. The lowest BCUT2D eigenvalue weighted by molar-refractivity contribution is -0.134. The molecule has 1 rings (SSSR count). The molecule has 2 amide bonds. The van der Waals surface area contributed by atoms with Crippen LogP contribution >= 0.6 is 0 Å². The van der Waals surface area contributed by atoms with Crippen molar-refractivity contribution in [2.24, 2.45) is 5.92 Å². The Kier molecular flexibility index (Phi) is 2.49. The maximum Gasteiger partial charge on any atom is 0.241 e. The fourth-order valence-corrected chi connectivity index (χ4v) is 0.895. The third-order valence-electron chi connectivity index (χ3n) is 1.52. The second-order valence-electron chi connectivity index (χ2n) is 3.03. The lowest BCUT2D eigenvalue weighted by Crippen LogP contribution is -2.23. The molecule has 1 saturated heterocycles. The van der Waals surface area contributed by atoms with E-state index in [0.29, 0.717) is 12.8 Å². The van der Waals surface area contributed by atoms with Gasteiger partial charge >= 0.3 is 0 Å². The first-order valence-corrected chi connectivity index (χ1v) is 3.98. The normalized spacial score (nSPS) is 16.8. The van der Waals surface area contributed by atoms with E-state index in [2.05, 4.69) is 12.0 Å². The zero-order valence-corrected chi connectivity index (χ0v) is 7.26. The van der Waals surface area contributed by atoms with Gasteiger partial charge < -0.3 is 0 Å². The van der Waals surface area contributed by atoms with Gasteiger partial charge in [-0.2, -0.15) is 0 Å². The summed E-state index contributed by atoms with van der Waals surface area (Å²) in [7, 11) is 0. The minimum atomic E-state index is -0.173. The zero-order chi connectivity index (χ0) is 9.14. The lowest BCUT2D eigenvalue weighted by atomic mass is 10.2. The van der Waals surface area contributed by atoms with Crippen LogP contribution in [0.5, 0.6) is 0 Å². The Morgan fingerprint density at radius 3 is 2.17 bits per heavy atom. The first-order valence-electron chi connectivity index (χ1n) is 3.98. The van der Waals surface area contributed by atoms with E-state index in [1.165, 1.54) is 0 Å². The van der Waals surface area contributed by atoms with Gasteiger partial charge in [-0.15, -0.1) is 0 Å². The van der Waals surface area contributed by atoms with E-state index in [1.807, 2.05) is 13.8 Å². The third-order valence-corrected chi connectivity index (χ3v) is 1.52. The molecule has 1 aliphatic heterocycles. The summed E-state index contributed by atoms with van der Waals surface area (Å²) in [5, 5.41) is 0. The van der Waals surface area contributed by atoms with Crippen molar-refractivity contribution >= 4 is 11.8 Å². The molecule has 0 unspecified atom stereocenters. The number of likely N-dealkylation sites (tertiary alicyclic amines) is 1. The molecule has 0 atom stereocenters. The van der Waals surface area contributed by atoms with E-state index in [4.69, 9.17) is 0 Å². The van der Waals surface area contributed by atoms with E-state index in [1.54, 1.807) is 0 Å². The molecular weight excluding hydrogens is 154 g/mol. The Hall–Kier alpha value is -1.30. The van der Waals surface area contributed by atoms with Crippen molar-refractivity contribution in [2.75, 3.05) is 0 Å². The molecular formula is C9H11NO2. The van der Waals surface area contributed by atoms with Crippen LogP contribution in [0.1, 0.15) is 26.7 Å². The zero-order valence-electron chi connectivity index (χ0n) is 7.26. The molecule has 1 heterocycles. The molecule has 3 heteroatoms. The second-order valence-corrected chi connectivity index (χ2v) is 3.03. The van der Waals surface area contributed by atoms with Gasteiger partial charge in [0, 0.05) is 24.8 Å². The molecule has 0 bridgehead atoms. The maximum absolute atomic E-state index is 11.0. The molecule has 0 saturated carbocycles. The smallest absolute Gasteiger partial charge is 0.241 e. The van der Waals surface area contributed by atoms with Crippen molar-refractivity contribution in [1.82, 2.24) is 4.90 Å². The van der Waals surface area contributed by atoms with Crippen molar-refractivity contribution < 1.29 is 9.59 Å². The van der Waals surface area contributed by atoms with Crippen molar-refractivity contribution in [3.63, 3.8) is 0 Å². The fraction of sp³-hybridized carbons (Fsp3) is 0.556. The average molecular weight is 165 g/mol. The van der Waals surface area contributed by atoms with Crippen molar-refractivity contribution in [3.05, 3.63) is 0 Å². The Morgan fingerprint density at radius 1 is 1.25 bits per heavy atom. The minimum Gasteiger partial charge on any atom is -0.273 e. The van der Waals surface area contributed by atoms with Gasteiger partial charge in [-0.3, -0.25) is 9.59 Å². The van der Waals surface area contributed by atoms with Crippen LogP contribution in [0.3, 0.4) is 0 Å². The highest BCUT2D eigenvalue weighted by Crippen LogP contribution is 2.09. The first kappa shape index (κ1) is 8.79. The third kappa shape index (κ3) is 1.85. The van der Waals surface area contributed by atoms with E-state index in [-0.39, 0.29) is 17.7 Å². The summed E-state index contributed by atoms with van der Waals surface area (Å²) in [6, 6.07) is 2.56. The highest BCUT2D eigenvalue weighted by molar-refractivity contribution is 6.03. The van der Waals surface area contributed by atoms with Gasteiger partial charge in [-0.1, -0.05) is 19.8 Å². The van der Waals surface area contributed by atoms with Crippen LogP contribution in [-0.4, -0.2) is 16.7 Å². The molecule has 64 valence electrons. The molecule has 3 nitrogen and oxygen atoms in total. The van der Waals surface area contributed by atoms with Gasteiger partial charge in [-0.05, 0) is 0 Å². The summed E-state index contributed by atoms with van der Waals surface area (Å²) >= 11 is 0.